The summed E-state index contributed by atoms with van der Waals surface area (Å²) in [7, 11) is 0. The zero-order chi connectivity index (χ0) is 13.2. The molecule has 1 aromatic carbocycles. The molecule has 0 unspecified atom stereocenters. The molecular formula is C14H17ClN2O. The van der Waals surface area contributed by atoms with Crippen LogP contribution in [0.25, 0.3) is 0 Å². The molecule has 0 radical (unpaired) electrons. The molecule has 1 aliphatic rings. The second-order valence-electron chi connectivity index (χ2n) is 5.39. The minimum atomic E-state index is 0.0672. The number of nitrogens with zero attached hydrogens (tertiary/aromatic N) is 1. The molecule has 0 amide bonds. The molecule has 0 saturated carbocycles. The topological polar surface area (TPSA) is 41.5 Å². The number of amidine groups is 1. The number of carbonyl (C=O) groups excluding carboxylic acids is 1. The Balaban J connectivity index is 2.00. The summed E-state index contributed by atoms with van der Waals surface area (Å²) in [4.78, 5) is 16.4. The van der Waals surface area contributed by atoms with Crippen LogP contribution in [0.2, 0.25) is 5.02 Å². The molecule has 0 saturated heterocycles. The van der Waals surface area contributed by atoms with E-state index in [2.05, 4.69) is 24.2 Å². The van der Waals surface area contributed by atoms with E-state index in [1.165, 1.54) is 0 Å². The highest BCUT2D eigenvalue weighted by atomic mass is 35.5. The SMILES string of the molecule is CC1(C)CN=C(CC(=O)c2ccc(Cl)cc2)NC1. The Morgan fingerprint density at radius 3 is 2.61 bits per heavy atom. The van der Waals surface area contributed by atoms with Gasteiger partial charge in [0.25, 0.3) is 0 Å². The van der Waals surface area contributed by atoms with Crippen molar-refractivity contribution in [2.45, 2.75) is 20.3 Å². The zero-order valence-electron chi connectivity index (χ0n) is 10.7. The Bertz CT molecular complexity index is 477. The van der Waals surface area contributed by atoms with Gasteiger partial charge in [0.2, 0.25) is 0 Å². The van der Waals surface area contributed by atoms with Crippen LogP contribution in [0.1, 0.15) is 30.6 Å². The molecule has 96 valence electrons. The lowest BCUT2D eigenvalue weighted by Gasteiger charge is -2.28. The van der Waals surface area contributed by atoms with E-state index < -0.39 is 0 Å². The third kappa shape index (κ3) is 3.33. The summed E-state index contributed by atoms with van der Waals surface area (Å²) >= 11 is 5.79. The molecule has 4 heteroatoms. The fourth-order valence-electron chi connectivity index (χ4n) is 1.77. The maximum atomic E-state index is 12.0. The van der Waals surface area contributed by atoms with Crippen molar-refractivity contribution in [3.05, 3.63) is 34.9 Å². The van der Waals surface area contributed by atoms with Gasteiger partial charge < -0.3 is 5.32 Å². The molecule has 0 aromatic heterocycles. The second kappa shape index (κ2) is 5.11. The van der Waals surface area contributed by atoms with E-state index in [-0.39, 0.29) is 11.2 Å². The number of rotatable bonds is 3. The van der Waals surface area contributed by atoms with Gasteiger partial charge in [-0.15, -0.1) is 0 Å². The lowest BCUT2D eigenvalue weighted by molar-refractivity contribution is 0.0999. The number of benzene rings is 1. The van der Waals surface area contributed by atoms with Gasteiger partial charge in [0.1, 0.15) is 5.84 Å². The van der Waals surface area contributed by atoms with E-state index in [0.29, 0.717) is 17.0 Å². The maximum Gasteiger partial charge on any atom is 0.170 e. The number of Topliss-reactive ketones (excluding diaryl/α,β-unsaturated/α-hetero) is 1. The highest BCUT2D eigenvalue weighted by Crippen LogP contribution is 2.18. The first kappa shape index (κ1) is 13.1. The number of ketones is 1. The fourth-order valence-corrected chi connectivity index (χ4v) is 1.90. The summed E-state index contributed by atoms with van der Waals surface area (Å²) in [6.07, 6.45) is 0.331. The number of nitrogens with one attached hydrogen (secondary N) is 1. The van der Waals surface area contributed by atoms with Gasteiger partial charge in [-0.3, -0.25) is 9.79 Å². The van der Waals surface area contributed by atoms with E-state index in [1.54, 1.807) is 24.3 Å². The number of aliphatic imine (C=N–C) groups is 1. The first-order chi connectivity index (χ1) is 8.46. The molecule has 18 heavy (non-hydrogen) atoms. The lowest BCUT2D eigenvalue weighted by atomic mass is 9.92. The van der Waals surface area contributed by atoms with Crippen molar-refractivity contribution in [3.8, 4) is 0 Å². The number of hydrogen-bond acceptors (Lipinski definition) is 3. The van der Waals surface area contributed by atoms with Crippen LogP contribution in [0.15, 0.2) is 29.3 Å². The summed E-state index contributed by atoms with van der Waals surface area (Å²) in [6, 6.07) is 6.96. The first-order valence-electron chi connectivity index (χ1n) is 6.02. The molecule has 0 spiro atoms. The van der Waals surface area contributed by atoms with Crippen LogP contribution in [-0.4, -0.2) is 24.7 Å². The molecule has 1 heterocycles. The monoisotopic (exact) mass is 264 g/mol. The molecular weight excluding hydrogens is 248 g/mol. The lowest BCUT2D eigenvalue weighted by Crippen LogP contribution is -2.41. The highest BCUT2D eigenvalue weighted by Gasteiger charge is 2.23. The van der Waals surface area contributed by atoms with Crippen molar-refractivity contribution in [1.82, 2.24) is 5.32 Å². The van der Waals surface area contributed by atoms with Crippen molar-refractivity contribution in [2.75, 3.05) is 13.1 Å². The minimum Gasteiger partial charge on any atom is -0.373 e. The number of halogens is 1. The van der Waals surface area contributed by atoms with Crippen LogP contribution in [0.5, 0.6) is 0 Å². The van der Waals surface area contributed by atoms with Gasteiger partial charge in [0.15, 0.2) is 5.78 Å². The molecule has 3 nitrogen and oxygen atoms in total. The van der Waals surface area contributed by atoms with Crippen molar-refractivity contribution in [2.24, 2.45) is 10.4 Å². The third-order valence-electron chi connectivity index (χ3n) is 2.96. The first-order valence-corrected chi connectivity index (χ1v) is 6.40. The molecule has 1 aliphatic heterocycles. The smallest absolute Gasteiger partial charge is 0.170 e. The standard InChI is InChI=1S/C14H17ClN2O/c1-14(2)8-16-13(17-9-14)7-12(18)10-3-5-11(15)6-4-10/h3-6H,7-9H2,1-2H3,(H,16,17). The van der Waals surface area contributed by atoms with Crippen molar-refractivity contribution < 1.29 is 4.79 Å². The summed E-state index contributed by atoms with van der Waals surface area (Å²) in [5.74, 6) is 0.854. The maximum absolute atomic E-state index is 12.0. The highest BCUT2D eigenvalue weighted by molar-refractivity contribution is 6.30. The molecule has 1 N–H and O–H groups in total. The average Bonchev–Trinajstić information content (AvgIpc) is 2.33. The Kier molecular flexibility index (Phi) is 3.71. The molecule has 2 rings (SSSR count). The van der Waals surface area contributed by atoms with Crippen molar-refractivity contribution in [1.29, 1.82) is 0 Å². The normalized spacial score (nSPS) is 17.8. The van der Waals surface area contributed by atoms with Gasteiger partial charge in [-0.25, -0.2) is 0 Å². The van der Waals surface area contributed by atoms with Gasteiger partial charge in [0, 0.05) is 29.1 Å². The summed E-state index contributed by atoms with van der Waals surface area (Å²) in [5.41, 5.74) is 0.848. The van der Waals surface area contributed by atoms with E-state index in [1.807, 2.05) is 0 Å². The quantitative estimate of drug-likeness (QED) is 0.853. The van der Waals surface area contributed by atoms with E-state index in [9.17, 15) is 4.79 Å². The summed E-state index contributed by atoms with van der Waals surface area (Å²) in [5, 5.41) is 3.86. The van der Waals surface area contributed by atoms with Gasteiger partial charge >= 0.3 is 0 Å². The average molecular weight is 265 g/mol. The molecule has 0 fully saturated rings. The van der Waals surface area contributed by atoms with Gasteiger partial charge in [-0.2, -0.15) is 0 Å². The van der Waals surface area contributed by atoms with E-state index in [0.717, 1.165) is 18.9 Å². The van der Waals surface area contributed by atoms with Crippen molar-refractivity contribution in [3.63, 3.8) is 0 Å². The zero-order valence-corrected chi connectivity index (χ0v) is 11.4. The molecule has 1 aromatic rings. The summed E-state index contributed by atoms with van der Waals surface area (Å²) in [6.45, 7) is 5.94. The van der Waals surface area contributed by atoms with Gasteiger partial charge in [-0.1, -0.05) is 25.4 Å². The Hall–Kier alpha value is -1.35. The Labute approximate surface area is 112 Å². The van der Waals surface area contributed by atoms with Crippen molar-refractivity contribution >= 4 is 23.2 Å². The Morgan fingerprint density at radius 2 is 2.06 bits per heavy atom. The minimum absolute atomic E-state index is 0.0672. The van der Waals surface area contributed by atoms with Gasteiger partial charge in [0.05, 0.1) is 6.42 Å². The Morgan fingerprint density at radius 1 is 1.39 bits per heavy atom. The van der Waals surface area contributed by atoms with Crippen LogP contribution in [0.4, 0.5) is 0 Å². The van der Waals surface area contributed by atoms with Gasteiger partial charge in [-0.05, 0) is 24.3 Å². The van der Waals surface area contributed by atoms with Crippen LogP contribution in [0.3, 0.4) is 0 Å². The predicted molar refractivity (Wildman–Crippen MR) is 74.5 cm³/mol. The van der Waals surface area contributed by atoms with Crippen LogP contribution in [-0.2, 0) is 0 Å². The number of carbonyl (C=O) groups is 1. The molecule has 0 atom stereocenters. The van der Waals surface area contributed by atoms with E-state index >= 15 is 0 Å². The fraction of sp³-hybridized carbons (Fsp3) is 0.429. The van der Waals surface area contributed by atoms with E-state index in [4.69, 9.17) is 11.6 Å². The molecule has 0 aliphatic carbocycles. The van der Waals surface area contributed by atoms with Crippen LogP contribution < -0.4 is 5.32 Å². The van der Waals surface area contributed by atoms with Crippen LogP contribution >= 0.6 is 11.6 Å². The number of hydrogen-bond donors (Lipinski definition) is 1. The summed E-state index contributed by atoms with van der Waals surface area (Å²) < 4.78 is 0. The largest absolute Gasteiger partial charge is 0.373 e. The second-order valence-corrected chi connectivity index (χ2v) is 5.82. The predicted octanol–water partition coefficient (Wildman–Crippen LogP) is 2.94. The van der Waals surface area contributed by atoms with Crippen LogP contribution in [0, 0.1) is 5.41 Å². The third-order valence-corrected chi connectivity index (χ3v) is 3.22. The molecule has 0 bridgehead atoms.